The zero-order valence-electron chi connectivity index (χ0n) is 17.5. The summed E-state index contributed by atoms with van der Waals surface area (Å²) in [5, 5.41) is 2.84. The molecule has 2 fully saturated rings. The molecule has 0 bridgehead atoms. The van der Waals surface area contributed by atoms with Crippen molar-refractivity contribution < 1.29 is 18.8 Å². The number of rotatable bonds is 6. The predicted octanol–water partition coefficient (Wildman–Crippen LogP) is 3.63. The van der Waals surface area contributed by atoms with Gasteiger partial charge in [0.2, 0.25) is 5.91 Å². The second kappa shape index (κ2) is 8.49. The molecular weight excluding hydrogens is 397 g/mol. The lowest BCUT2D eigenvalue weighted by Gasteiger charge is -2.30. The van der Waals surface area contributed by atoms with Crippen molar-refractivity contribution in [3.63, 3.8) is 0 Å². The molecule has 1 saturated carbocycles. The fourth-order valence-corrected chi connectivity index (χ4v) is 4.64. The number of nitrogens with one attached hydrogen (secondary N) is 1. The maximum atomic E-state index is 13.4. The second-order valence-electron chi connectivity index (χ2n) is 8.30. The first kappa shape index (κ1) is 21.0. The summed E-state index contributed by atoms with van der Waals surface area (Å²) in [4.78, 5) is 41.0. The molecule has 4 rings (SSSR count). The fourth-order valence-electron chi connectivity index (χ4n) is 4.64. The third-order valence-electron chi connectivity index (χ3n) is 6.33. The topological polar surface area (TPSA) is 69.7 Å². The van der Waals surface area contributed by atoms with Gasteiger partial charge >= 0.3 is 6.03 Å². The number of imide groups is 1. The molecule has 162 valence electrons. The quantitative estimate of drug-likeness (QED) is 0.722. The van der Waals surface area contributed by atoms with E-state index < -0.39 is 17.6 Å². The minimum absolute atomic E-state index is 0.0241. The van der Waals surface area contributed by atoms with Crippen molar-refractivity contribution in [2.75, 3.05) is 13.6 Å². The summed E-state index contributed by atoms with van der Waals surface area (Å²) < 4.78 is 13.4. The number of urea groups is 1. The Kier molecular flexibility index (Phi) is 5.76. The minimum Gasteiger partial charge on any atom is -0.335 e. The van der Waals surface area contributed by atoms with Crippen molar-refractivity contribution in [2.45, 2.75) is 43.7 Å². The number of amides is 4. The average molecular weight is 423 g/mol. The van der Waals surface area contributed by atoms with E-state index in [4.69, 9.17) is 0 Å². The van der Waals surface area contributed by atoms with Gasteiger partial charge in [-0.3, -0.25) is 14.5 Å². The first-order valence-electron chi connectivity index (χ1n) is 10.6. The highest BCUT2D eigenvalue weighted by molar-refractivity contribution is 6.07. The van der Waals surface area contributed by atoms with Crippen molar-refractivity contribution in [1.29, 1.82) is 0 Å². The van der Waals surface area contributed by atoms with Crippen LogP contribution in [0.2, 0.25) is 0 Å². The largest absolute Gasteiger partial charge is 0.335 e. The molecule has 2 aromatic carbocycles. The molecule has 1 unspecified atom stereocenters. The van der Waals surface area contributed by atoms with Gasteiger partial charge in [0.15, 0.2) is 0 Å². The highest BCUT2D eigenvalue weighted by Crippen LogP contribution is 2.35. The second-order valence-corrected chi connectivity index (χ2v) is 8.30. The molecule has 1 saturated heterocycles. The van der Waals surface area contributed by atoms with Gasteiger partial charge in [-0.05, 0) is 36.1 Å². The highest BCUT2D eigenvalue weighted by atomic mass is 19.1. The van der Waals surface area contributed by atoms with Crippen molar-refractivity contribution in [1.82, 2.24) is 15.1 Å². The molecular formula is C24H26FN3O3. The third kappa shape index (κ3) is 4.04. The molecule has 1 atom stereocenters. The Balaban J connectivity index is 1.49. The van der Waals surface area contributed by atoms with E-state index in [9.17, 15) is 18.8 Å². The predicted molar refractivity (Wildman–Crippen MR) is 114 cm³/mol. The third-order valence-corrected chi connectivity index (χ3v) is 6.33. The van der Waals surface area contributed by atoms with E-state index in [1.165, 1.54) is 17.0 Å². The van der Waals surface area contributed by atoms with Crippen LogP contribution in [0.25, 0.3) is 0 Å². The van der Waals surface area contributed by atoms with Gasteiger partial charge in [0.25, 0.3) is 5.91 Å². The number of halogens is 1. The number of benzene rings is 2. The standard InChI is InChI=1S/C24H26FN3O3/c1-27(21(17-7-3-2-4-8-17)18-9-11-19(25)12-10-18)20(29)13-16-28-22(30)24(26-23(28)31)14-5-6-15-24/h2-4,7-12,21H,5-6,13-16H2,1H3,(H,26,31). The highest BCUT2D eigenvalue weighted by Gasteiger charge is 2.52. The van der Waals surface area contributed by atoms with Gasteiger partial charge in [-0.1, -0.05) is 55.3 Å². The van der Waals surface area contributed by atoms with Gasteiger partial charge < -0.3 is 10.2 Å². The maximum absolute atomic E-state index is 13.4. The summed E-state index contributed by atoms with van der Waals surface area (Å²) in [5.74, 6) is -0.765. The van der Waals surface area contributed by atoms with Crippen LogP contribution < -0.4 is 5.32 Å². The van der Waals surface area contributed by atoms with Crippen LogP contribution in [-0.2, 0) is 9.59 Å². The molecule has 31 heavy (non-hydrogen) atoms. The molecule has 0 aromatic heterocycles. The molecule has 1 N–H and O–H groups in total. The van der Waals surface area contributed by atoms with Crippen LogP contribution in [0.5, 0.6) is 0 Å². The summed E-state index contributed by atoms with van der Waals surface area (Å²) in [6.45, 7) is 0.0422. The molecule has 4 amide bonds. The Morgan fingerprint density at radius 2 is 1.68 bits per heavy atom. The Morgan fingerprint density at radius 1 is 1.06 bits per heavy atom. The van der Waals surface area contributed by atoms with E-state index in [0.29, 0.717) is 12.8 Å². The Hall–Kier alpha value is -3.22. The summed E-state index contributed by atoms with van der Waals surface area (Å²) in [6, 6.07) is 14.8. The average Bonchev–Trinajstić information content (AvgIpc) is 3.33. The SMILES string of the molecule is CN(C(=O)CCN1C(=O)NC2(CCCC2)C1=O)C(c1ccccc1)c1ccc(F)cc1. The van der Waals surface area contributed by atoms with E-state index in [-0.39, 0.29) is 30.6 Å². The number of nitrogens with zero attached hydrogens (tertiary/aromatic N) is 2. The molecule has 2 aromatic rings. The first-order chi connectivity index (χ1) is 14.9. The number of hydrogen-bond donors (Lipinski definition) is 1. The van der Waals surface area contributed by atoms with E-state index in [2.05, 4.69) is 5.32 Å². The van der Waals surface area contributed by atoms with Gasteiger partial charge in [-0.2, -0.15) is 0 Å². The maximum Gasteiger partial charge on any atom is 0.325 e. The van der Waals surface area contributed by atoms with Crippen LogP contribution in [0, 0.1) is 5.82 Å². The minimum atomic E-state index is -0.771. The monoisotopic (exact) mass is 423 g/mol. The molecule has 1 spiro atoms. The molecule has 1 aliphatic heterocycles. The van der Waals surface area contributed by atoms with Crippen molar-refractivity contribution in [3.8, 4) is 0 Å². The normalized spacial score (nSPS) is 18.3. The molecule has 1 aliphatic carbocycles. The van der Waals surface area contributed by atoms with Crippen LogP contribution in [0.3, 0.4) is 0 Å². The van der Waals surface area contributed by atoms with Gasteiger partial charge in [-0.25, -0.2) is 9.18 Å². The van der Waals surface area contributed by atoms with Crippen molar-refractivity contribution in [3.05, 3.63) is 71.5 Å². The lowest BCUT2D eigenvalue weighted by molar-refractivity contribution is -0.133. The molecule has 2 aliphatic rings. The van der Waals surface area contributed by atoms with E-state index >= 15 is 0 Å². The Labute approximate surface area is 181 Å². The van der Waals surface area contributed by atoms with Crippen LogP contribution in [0.15, 0.2) is 54.6 Å². The fraction of sp³-hybridized carbons (Fsp3) is 0.375. The van der Waals surface area contributed by atoms with E-state index in [1.54, 1.807) is 24.1 Å². The molecule has 1 heterocycles. The molecule has 6 nitrogen and oxygen atoms in total. The zero-order valence-corrected chi connectivity index (χ0v) is 17.5. The van der Waals surface area contributed by atoms with Gasteiger partial charge in [0.1, 0.15) is 11.4 Å². The van der Waals surface area contributed by atoms with E-state index in [1.807, 2.05) is 30.3 Å². The van der Waals surface area contributed by atoms with E-state index in [0.717, 1.165) is 24.0 Å². The lowest BCUT2D eigenvalue weighted by Crippen LogP contribution is -2.44. The Bertz CT molecular complexity index is 971. The molecule has 7 heteroatoms. The molecule has 0 radical (unpaired) electrons. The number of carbonyl (C=O) groups is 3. The van der Waals surface area contributed by atoms with Crippen LogP contribution in [-0.4, -0.2) is 46.8 Å². The summed E-state index contributed by atoms with van der Waals surface area (Å²) >= 11 is 0. The zero-order chi connectivity index (χ0) is 22.0. The van der Waals surface area contributed by atoms with Gasteiger partial charge in [-0.15, -0.1) is 0 Å². The van der Waals surface area contributed by atoms with Gasteiger partial charge in [0, 0.05) is 20.0 Å². The van der Waals surface area contributed by atoms with Crippen molar-refractivity contribution >= 4 is 17.8 Å². The van der Waals surface area contributed by atoms with Crippen molar-refractivity contribution in [2.24, 2.45) is 0 Å². The summed E-state index contributed by atoms with van der Waals surface area (Å²) in [6.07, 6.45) is 3.16. The number of carbonyl (C=O) groups excluding carboxylic acids is 3. The summed E-state index contributed by atoms with van der Waals surface area (Å²) in [5.41, 5.74) is 0.903. The smallest absolute Gasteiger partial charge is 0.325 e. The van der Waals surface area contributed by atoms with Crippen LogP contribution >= 0.6 is 0 Å². The number of hydrogen-bond acceptors (Lipinski definition) is 3. The first-order valence-corrected chi connectivity index (χ1v) is 10.6. The van der Waals surface area contributed by atoms with Crippen LogP contribution in [0.4, 0.5) is 9.18 Å². The Morgan fingerprint density at radius 3 is 2.32 bits per heavy atom. The lowest BCUT2D eigenvalue weighted by atomic mass is 9.97. The summed E-state index contributed by atoms with van der Waals surface area (Å²) in [7, 11) is 1.69. The van der Waals surface area contributed by atoms with Gasteiger partial charge in [0.05, 0.1) is 6.04 Å². The van der Waals surface area contributed by atoms with Crippen LogP contribution in [0.1, 0.15) is 49.3 Å².